The molecule has 1 N–H and O–H groups in total. The third-order valence-electron chi connectivity index (χ3n) is 3.18. The van der Waals surface area contributed by atoms with Crippen LogP contribution in [-0.4, -0.2) is 49.2 Å². The van der Waals surface area contributed by atoms with Crippen molar-refractivity contribution in [2.24, 2.45) is 0 Å². The molecular weight excluding hydrogens is 228 g/mol. The number of nitrogens with zero attached hydrogens (tertiary/aromatic N) is 1. The minimum Gasteiger partial charge on any atom is -0.379 e. The highest BCUT2D eigenvalue weighted by Gasteiger charge is 2.47. The first kappa shape index (κ1) is 17.4. The highest BCUT2D eigenvalue weighted by Crippen LogP contribution is 2.41. The quantitative estimate of drug-likeness (QED) is 0.842. The third kappa shape index (κ3) is 5.36. The van der Waals surface area contributed by atoms with Crippen LogP contribution in [-0.2, 0) is 9.53 Å². The van der Waals surface area contributed by atoms with E-state index in [0.717, 1.165) is 32.8 Å². The summed E-state index contributed by atoms with van der Waals surface area (Å²) < 4.78 is 5.32. The fourth-order valence-corrected chi connectivity index (χ4v) is 2.08. The Morgan fingerprint density at radius 2 is 1.67 bits per heavy atom. The van der Waals surface area contributed by atoms with Crippen molar-refractivity contribution < 1.29 is 9.53 Å². The second-order valence-electron chi connectivity index (χ2n) is 4.23. The molecule has 0 spiro atoms. The molecule has 0 bridgehead atoms. The molecule has 0 radical (unpaired) electrons. The lowest BCUT2D eigenvalue weighted by molar-refractivity contribution is -0.119. The average molecular weight is 258 g/mol. The Kier molecular flexibility index (Phi) is 9.02. The average Bonchev–Trinajstić information content (AvgIpc) is 3.23. The molecule has 2 fully saturated rings. The lowest BCUT2D eigenvalue weighted by atomic mass is 10.2. The summed E-state index contributed by atoms with van der Waals surface area (Å²) >= 11 is 0. The number of amides is 1. The van der Waals surface area contributed by atoms with E-state index in [-0.39, 0.29) is 11.4 Å². The number of hydrogen-bond acceptors (Lipinski definition) is 3. The Labute approximate surface area is 112 Å². The van der Waals surface area contributed by atoms with Crippen LogP contribution >= 0.6 is 0 Å². The molecule has 108 valence electrons. The van der Waals surface area contributed by atoms with Gasteiger partial charge in [-0.25, -0.2) is 0 Å². The fraction of sp³-hybridized carbons (Fsp3) is 0.929. The molecule has 1 amide bonds. The summed E-state index contributed by atoms with van der Waals surface area (Å²) in [6.07, 6.45) is 2.43. The Bertz CT molecular complexity index is 222. The molecule has 18 heavy (non-hydrogen) atoms. The number of carbonyl (C=O) groups is 1. The van der Waals surface area contributed by atoms with Crippen LogP contribution in [0.2, 0.25) is 0 Å². The normalized spacial score (nSPS) is 20.7. The standard InChI is InChI=1S/C10H18N2O2.2C2H6/c1-9(13)11-8-10(2-3-10)12-4-6-14-7-5-12;2*1-2/h2-8H2,1H3,(H,11,13);2*1-2H3. The number of hydrogen-bond donors (Lipinski definition) is 1. The van der Waals surface area contributed by atoms with E-state index in [0.29, 0.717) is 0 Å². The molecule has 0 unspecified atom stereocenters. The Morgan fingerprint density at radius 1 is 1.17 bits per heavy atom. The van der Waals surface area contributed by atoms with Crippen LogP contribution in [0.3, 0.4) is 0 Å². The second-order valence-corrected chi connectivity index (χ2v) is 4.23. The summed E-state index contributed by atoms with van der Waals surface area (Å²) in [5, 5.41) is 2.92. The molecule has 0 aromatic carbocycles. The minimum atomic E-state index is 0.0736. The Hall–Kier alpha value is -0.610. The van der Waals surface area contributed by atoms with Gasteiger partial charge in [-0.05, 0) is 12.8 Å². The van der Waals surface area contributed by atoms with Gasteiger partial charge in [0, 0.05) is 32.1 Å². The largest absolute Gasteiger partial charge is 0.379 e. The molecule has 2 rings (SSSR count). The van der Waals surface area contributed by atoms with E-state index in [4.69, 9.17) is 4.74 Å². The van der Waals surface area contributed by atoms with Gasteiger partial charge in [0.2, 0.25) is 5.91 Å². The third-order valence-corrected chi connectivity index (χ3v) is 3.18. The van der Waals surface area contributed by atoms with Crippen molar-refractivity contribution in [3.05, 3.63) is 0 Å². The molecule has 1 heterocycles. The van der Waals surface area contributed by atoms with Crippen molar-refractivity contribution in [3.8, 4) is 0 Å². The molecule has 1 saturated carbocycles. The van der Waals surface area contributed by atoms with E-state index in [1.54, 1.807) is 6.92 Å². The molecule has 0 atom stereocenters. The lowest BCUT2D eigenvalue weighted by Gasteiger charge is -2.34. The van der Waals surface area contributed by atoms with Crippen molar-refractivity contribution >= 4 is 5.91 Å². The molecule has 1 aliphatic carbocycles. The van der Waals surface area contributed by atoms with Crippen LogP contribution in [0.5, 0.6) is 0 Å². The second kappa shape index (κ2) is 9.34. The summed E-state index contributed by atoms with van der Waals surface area (Å²) in [4.78, 5) is 13.3. The van der Waals surface area contributed by atoms with Crippen LogP contribution in [0.25, 0.3) is 0 Å². The van der Waals surface area contributed by atoms with Crippen LogP contribution in [0.4, 0.5) is 0 Å². The molecule has 4 nitrogen and oxygen atoms in total. The van der Waals surface area contributed by atoms with Gasteiger partial charge in [-0.1, -0.05) is 27.7 Å². The Morgan fingerprint density at radius 3 is 2.06 bits per heavy atom. The van der Waals surface area contributed by atoms with Gasteiger partial charge in [0.15, 0.2) is 0 Å². The fourth-order valence-electron chi connectivity index (χ4n) is 2.08. The number of carbonyl (C=O) groups excluding carboxylic acids is 1. The first-order valence-corrected chi connectivity index (χ1v) is 7.30. The van der Waals surface area contributed by atoms with Crippen LogP contribution in [0.15, 0.2) is 0 Å². The van der Waals surface area contributed by atoms with E-state index < -0.39 is 0 Å². The molecule has 0 aromatic rings. The number of ether oxygens (including phenoxy) is 1. The topological polar surface area (TPSA) is 41.6 Å². The van der Waals surface area contributed by atoms with Gasteiger partial charge in [0.1, 0.15) is 0 Å². The number of nitrogens with one attached hydrogen (secondary N) is 1. The first-order chi connectivity index (χ1) is 8.73. The van der Waals surface area contributed by atoms with E-state index in [9.17, 15) is 4.79 Å². The van der Waals surface area contributed by atoms with Gasteiger partial charge >= 0.3 is 0 Å². The van der Waals surface area contributed by atoms with Crippen molar-refractivity contribution in [1.29, 1.82) is 0 Å². The van der Waals surface area contributed by atoms with Crippen LogP contribution in [0, 0.1) is 0 Å². The molecule has 1 aliphatic heterocycles. The minimum absolute atomic E-state index is 0.0736. The van der Waals surface area contributed by atoms with Gasteiger partial charge in [-0.15, -0.1) is 0 Å². The SMILES string of the molecule is CC.CC.CC(=O)NCC1(N2CCOCC2)CC1. The van der Waals surface area contributed by atoms with E-state index in [1.165, 1.54) is 12.8 Å². The van der Waals surface area contributed by atoms with E-state index in [2.05, 4.69) is 10.2 Å². The molecule has 4 heteroatoms. The predicted molar refractivity (Wildman–Crippen MR) is 75.7 cm³/mol. The van der Waals surface area contributed by atoms with Gasteiger partial charge < -0.3 is 10.1 Å². The maximum atomic E-state index is 10.8. The summed E-state index contributed by atoms with van der Waals surface area (Å²) in [6, 6.07) is 0. The lowest BCUT2D eigenvalue weighted by Crippen LogP contribution is -2.50. The molecule has 1 saturated heterocycles. The Balaban J connectivity index is 0.000000659. The van der Waals surface area contributed by atoms with E-state index >= 15 is 0 Å². The van der Waals surface area contributed by atoms with Crippen molar-refractivity contribution in [1.82, 2.24) is 10.2 Å². The zero-order chi connectivity index (χ0) is 14.0. The first-order valence-electron chi connectivity index (χ1n) is 7.30. The molecule has 0 aromatic heterocycles. The zero-order valence-corrected chi connectivity index (χ0v) is 12.7. The van der Waals surface area contributed by atoms with Gasteiger partial charge in [-0.2, -0.15) is 0 Å². The predicted octanol–water partition coefficient (Wildman–Crippen LogP) is 2.04. The van der Waals surface area contributed by atoms with Crippen molar-refractivity contribution in [3.63, 3.8) is 0 Å². The highest BCUT2D eigenvalue weighted by atomic mass is 16.5. The van der Waals surface area contributed by atoms with E-state index in [1.807, 2.05) is 27.7 Å². The van der Waals surface area contributed by atoms with Gasteiger partial charge in [0.05, 0.1) is 13.2 Å². The van der Waals surface area contributed by atoms with Crippen LogP contribution in [0.1, 0.15) is 47.5 Å². The summed E-state index contributed by atoms with van der Waals surface area (Å²) in [7, 11) is 0. The van der Waals surface area contributed by atoms with Gasteiger partial charge in [0.25, 0.3) is 0 Å². The zero-order valence-electron chi connectivity index (χ0n) is 12.7. The smallest absolute Gasteiger partial charge is 0.216 e. The maximum absolute atomic E-state index is 10.8. The number of morpholine rings is 1. The van der Waals surface area contributed by atoms with Crippen molar-refractivity contribution in [2.45, 2.75) is 53.0 Å². The van der Waals surface area contributed by atoms with Gasteiger partial charge in [-0.3, -0.25) is 9.69 Å². The molecular formula is C14H30N2O2. The van der Waals surface area contributed by atoms with Crippen molar-refractivity contribution in [2.75, 3.05) is 32.8 Å². The van der Waals surface area contributed by atoms with Crippen LogP contribution < -0.4 is 5.32 Å². The molecule has 2 aliphatic rings. The summed E-state index contributed by atoms with van der Waals surface area (Å²) in [6.45, 7) is 14.1. The monoisotopic (exact) mass is 258 g/mol. The maximum Gasteiger partial charge on any atom is 0.216 e. The highest BCUT2D eigenvalue weighted by molar-refractivity contribution is 5.73. The number of rotatable bonds is 3. The summed E-state index contributed by atoms with van der Waals surface area (Å²) in [5.74, 6) is 0.0736. The summed E-state index contributed by atoms with van der Waals surface area (Å²) in [5.41, 5.74) is 0.273.